The van der Waals surface area contributed by atoms with Gasteiger partial charge in [-0.3, -0.25) is 0 Å². The van der Waals surface area contributed by atoms with Crippen molar-refractivity contribution in [1.29, 1.82) is 0 Å². The highest BCUT2D eigenvalue weighted by atomic mass is 32.2. The summed E-state index contributed by atoms with van der Waals surface area (Å²) in [5.41, 5.74) is 0. The number of sulfone groups is 1. The Hall–Kier alpha value is -0.430. The van der Waals surface area contributed by atoms with Crippen LogP contribution in [0.2, 0.25) is 0 Å². The Morgan fingerprint density at radius 1 is 1.43 bits per heavy atom. The van der Waals surface area contributed by atoms with Crippen LogP contribution in [0.3, 0.4) is 0 Å². The van der Waals surface area contributed by atoms with Crippen molar-refractivity contribution >= 4 is 21.2 Å². The number of rotatable bonds is 6. The zero-order chi connectivity index (χ0) is 15.5. The van der Waals surface area contributed by atoms with Crippen LogP contribution in [0.25, 0.3) is 0 Å². The van der Waals surface area contributed by atoms with Crippen LogP contribution in [0.4, 0.5) is 0 Å². The molecule has 4 nitrogen and oxygen atoms in total. The number of thiophene rings is 1. The van der Waals surface area contributed by atoms with Gasteiger partial charge in [0, 0.05) is 12.6 Å². The predicted octanol–water partition coefficient (Wildman–Crippen LogP) is 2.30. The van der Waals surface area contributed by atoms with Gasteiger partial charge in [-0.25, -0.2) is 8.42 Å². The molecule has 1 heterocycles. The molecule has 0 aromatic carbocycles. The summed E-state index contributed by atoms with van der Waals surface area (Å²) in [6.45, 7) is 4.83. The van der Waals surface area contributed by atoms with Crippen LogP contribution in [-0.2, 0) is 9.84 Å². The van der Waals surface area contributed by atoms with Crippen molar-refractivity contribution < 1.29 is 13.5 Å². The first-order chi connectivity index (χ1) is 9.90. The van der Waals surface area contributed by atoms with Crippen molar-refractivity contribution in [3.63, 3.8) is 0 Å². The second-order valence-electron chi connectivity index (χ2n) is 6.15. The molecule has 2 N–H and O–H groups in total. The summed E-state index contributed by atoms with van der Waals surface area (Å²) in [4.78, 5) is 0. The molecule has 2 rings (SSSR count). The highest BCUT2D eigenvalue weighted by Crippen LogP contribution is 2.29. The number of hydrogen-bond acceptors (Lipinski definition) is 5. The lowest BCUT2D eigenvalue weighted by molar-refractivity contribution is 0.157. The summed E-state index contributed by atoms with van der Waals surface area (Å²) < 4.78 is 24.5. The van der Waals surface area contributed by atoms with E-state index >= 15 is 0 Å². The molecular weight excluding hydrogens is 306 g/mol. The molecule has 0 radical (unpaired) electrons. The fourth-order valence-corrected chi connectivity index (χ4v) is 5.47. The van der Waals surface area contributed by atoms with Crippen molar-refractivity contribution in [2.75, 3.05) is 12.3 Å². The van der Waals surface area contributed by atoms with Crippen LogP contribution in [0.5, 0.6) is 0 Å². The fraction of sp³-hybridized carbons (Fsp3) is 0.733. The van der Waals surface area contributed by atoms with E-state index in [4.69, 9.17) is 0 Å². The molecule has 0 bridgehead atoms. The molecule has 1 aromatic heterocycles. The second-order valence-corrected chi connectivity index (χ2v) is 9.36. The molecule has 1 fully saturated rings. The lowest BCUT2D eigenvalue weighted by atomic mass is 9.78. The highest BCUT2D eigenvalue weighted by molar-refractivity contribution is 7.93. The average molecular weight is 332 g/mol. The fourth-order valence-electron chi connectivity index (χ4n) is 2.99. The van der Waals surface area contributed by atoms with Crippen LogP contribution in [0.1, 0.15) is 33.1 Å². The Morgan fingerprint density at radius 3 is 2.86 bits per heavy atom. The van der Waals surface area contributed by atoms with Gasteiger partial charge in [-0.15, -0.1) is 11.3 Å². The first-order valence-electron chi connectivity index (χ1n) is 7.58. The van der Waals surface area contributed by atoms with E-state index in [0.717, 1.165) is 6.42 Å². The third kappa shape index (κ3) is 4.52. The zero-order valence-electron chi connectivity index (χ0n) is 12.7. The van der Waals surface area contributed by atoms with E-state index in [9.17, 15) is 13.5 Å². The normalized spacial score (nSPS) is 28.4. The Labute approximate surface area is 131 Å². The van der Waals surface area contributed by atoms with E-state index in [1.54, 1.807) is 17.5 Å². The average Bonchev–Trinajstić information content (AvgIpc) is 2.95. The van der Waals surface area contributed by atoms with Gasteiger partial charge in [-0.2, -0.15) is 0 Å². The summed E-state index contributed by atoms with van der Waals surface area (Å²) in [5.74, 6) is 1.04. The van der Waals surface area contributed by atoms with Crippen molar-refractivity contribution in [2.45, 2.75) is 49.5 Å². The standard InChI is InChI=1S/C15H25NO3S2/c1-11-5-3-6-14(12(11)2)16-9-13(17)10-21(18,19)15-7-4-8-20-15/h4,7-8,11-14,16-17H,3,5-6,9-10H2,1-2H3. The van der Waals surface area contributed by atoms with Crippen molar-refractivity contribution in [2.24, 2.45) is 11.8 Å². The number of aliphatic hydroxyl groups is 1. The van der Waals surface area contributed by atoms with Crippen LogP contribution in [-0.4, -0.2) is 38.0 Å². The SMILES string of the molecule is CC1CCCC(NCC(O)CS(=O)(=O)c2cccs2)C1C. The molecule has 6 heteroatoms. The number of hydrogen-bond donors (Lipinski definition) is 2. The molecule has 4 atom stereocenters. The summed E-state index contributed by atoms with van der Waals surface area (Å²) in [6, 6.07) is 3.69. The number of nitrogens with one attached hydrogen (secondary N) is 1. The third-order valence-electron chi connectivity index (χ3n) is 4.54. The first-order valence-corrected chi connectivity index (χ1v) is 10.1. The molecule has 1 aromatic rings. The maximum atomic E-state index is 12.1. The van der Waals surface area contributed by atoms with Crippen molar-refractivity contribution in [1.82, 2.24) is 5.32 Å². The molecule has 1 aliphatic rings. The van der Waals surface area contributed by atoms with Gasteiger partial charge >= 0.3 is 0 Å². The van der Waals surface area contributed by atoms with Gasteiger partial charge in [0.2, 0.25) is 0 Å². The van der Waals surface area contributed by atoms with E-state index < -0.39 is 15.9 Å². The lowest BCUT2D eigenvalue weighted by Crippen LogP contribution is -2.44. The first kappa shape index (κ1) is 16.9. The molecule has 21 heavy (non-hydrogen) atoms. The monoisotopic (exact) mass is 331 g/mol. The molecular formula is C15H25NO3S2. The third-order valence-corrected chi connectivity index (χ3v) is 7.82. The summed E-state index contributed by atoms with van der Waals surface area (Å²) in [5, 5.41) is 15.1. The zero-order valence-corrected chi connectivity index (χ0v) is 14.3. The highest BCUT2D eigenvalue weighted by Gasteiger charge is 2.28. The van der Waals surface area contributed by atoms with Gasteiger partial charge < -0.3 is 10.4 Å². The van der Waals surface area contributed by atoms with E-state index in [1.807, 2.05) is 0 Å². The molecule has 0 spiro atoms. The predicted molar refractivity (Wildman–Crippen MR) is 86.3 cm³/mol. The van der Waals surface area contributed by atoms with Gasteiger partial charge in [-0.05, 0) is 29.7 Å². The minimum Gasteiger partial charge on any atom is -0.391 e. The van der Waals surface area contributed by atoms with Gasteiger partial charge in [-0.1, -0.05) is 32.8 Å². The smallest absolute Gasteiger partial charge is 0.190 e. The minimum absolute atomic E-state index is 0.211. The topological polar surface area (TPSA) is 66.4 Å². The molecule has 4 unspecified atom stereocenters. The van der Waals surface area contributed by atoms with Gasteiger partial charge in [0.15, 0.2) is 9.84 Å². The Morgan fingerprint density at radius 2 is 2.19 bits per heavy atom. The van der Waals surface area contributed by atoms with E-state index in [2.05, 4.69) is 19.2 Å². The molecule has 1 saturated carbocycles. The molecule has 0 saturated heterocycles. The van der Waals surface area contributed by atoms with Gasteiger partial charge in [0.1, 0.15) is 4.21 Å². The van der Waals surface area contributed by atoms with Gasteiger partial charge in [0.05, 0.1) is 11.9 Å². The Balaban J connectivity index is 1.84. The maximum absolute atomic E-state index is 12.1. The summed E-state index contributed by atoms with van der Waals surface area (Å²) >= 11 is 1.20. The van der Waals surface area contributed by atoms with Crippen molar-refractivity contribution in [3.05, 3.63) is 17.5 Å². The molecule has 1 aliphatic carbocycles. The second kappa shape index (κ2) is 7.22. The van der Waals surface area contributed by atoms with E-state index in [0.29, 0.717) is 28.6 Å². The maximum Gasteiger partial charge on any atom is 0.190 e. The van der Waals surface area contributed by atoms with E-state index in [1.165, 1.54) is 24.2 Å². The minimum atomic E-state index is -3.36. The van der Waals surface area contributed by atoms with Crippen LogP contribution >= 0.6 is 11.3 Å². The lowest BCUT2D eigenvalue weighted by Gasteiger charge is -2.35. The van der Waals surface area contributed by atoms with Crippen LogP contribution < -0.4 is 5.32 Å². The molecule has 0 amide bonds. The van der Waals surface area contributed by atoms with Crippen LogP contribution in [0.15, 0.2) is 21.7 Å². The Kier molecular flexibility index (Phi) is 5.82. The van der Waals surface area contributed by atoms with E-state index in [-0.39, 0.29) is 5.75 Å². The number of aliphatic hydroxyl groups excluding tert-OH is 1. The van der Waals surface area contributed by atoms with Crippen molar-refractivity contribution in [3.8, 4) is 0 Å². The molecule has 0 aliphatic heterocycles. The summed E-state index contributed by atoms with van der Waals surface area (Å²) in [7, 11) is -3.36. The quantitative estimate of drug-likeness (QED) is 0.839. The van der Waals surface area contributed by atoms with Crippen LogP contribution in [0, 0.1) is 11.8 Å². The molecule has 120 valence electrons. The Bertz CT molecular complexity index is 527. The summed E-state index contributed by atoms with van der Waals surface area (Å²) in [6.07, 6.45) is 2.71. The largest absolute Gasteiger partial charge is 0.391 e. The van der Waals surface area contributed by atoms with Gasteiger partial charge in [0.25, 0.3) is 0 Å².